The number of amides is 5. The number of halogens is 2. The van der Waals surface area contributed by atoms with Gasteiger partial charge in [-0.15, -0.1) is 0 Å². The van der Waals surface area contributed by atoms with E-state index in [1.165, 1.54) is 22.8 Å². The SMILES string of the molecule is CC(=O)N1CC[C@H]2CC[C@@H](C(=O)N[C@@H](CCC(N)=O)C(=O)NC(c3ccccc3)c3ccccc3)N2C(=O)[C@@H](CC(=O)c2cc3cc(C(F)(F)P(=O)(O)O)ccc3[nH]2)C1. The number of benzene rings is 3. The van der Waals surface area contributed by atoms with Crippen LogP contribution >= 0.6 is 7.60 Å². The number of hydrogen-bond acceptors (Lipinski definition) is 7. The van der Waals surface area contributed by atoms with Gasteiger partial charge in [0.2, 0.25) is 29.5 Å². The summed E-state index contributed by atoms with van der Waals surface area (Å²) in [5, 5.41) is 5.84. The monoisotopic (exact) mass is 834 g/mol. The second kappa shape index (κ2) is 17.6. The van der Waals surface area contributed by atoms with Crippen molar-refractivity contribution in [3.05, 3.63) is 107 Å². The molecule has 3 aromatic carbocycles. The van der Waals surface area contributed by atoms with E-state index in [9.17, 15) is 51.9 Å². The van der Waals surface area contributed by atoms with Crippen LogP contribution in [0.5, 0.6) is 0 Å². The van der Waals surface area contributed by atoms with Gasteiger partial charge in [-0.05, 0) is 55.0 Å². The fourth-order valence-electron chi connectivity index (χ4n) is 7.83. The van der Waals surface area contributed by atoms with Crippen molar-refractivity contribution >= 4 is 53.8 Å². The molecule has 0 bridgehead atoms. The lowest BCUT2D eigenvalue weighted by molar-refractivity contribution is -0.147. The molecule has 0 spiro atoms. The summed E-state index contributed by atoms with van der Waals surface area (Å²) in [6.45, 7) is 1.42. The van der Waals surface area contributed by atoms with E-state index in [1.807, 2.05) is 60.7 Å². The zero-order valence-electron chi connectivity index (χ0n) is 32.1. The van der Waals surface area contributed by atoms with E-state index in [1.54, 1.807) is 0 Å². The van der Waals surface area contributed by atoms with Crippen molar-refractivity contribution in [2.75, 3.05) is 13.1 Å². The van der Waals surface area contributed by atoms with E-state index >= 15 is 0 Å². The molecule has 1 aromatic heterocycles. The van der Waals surface area contributed by atoms with Crippen LogP contribution in [0.4, 0.5) is 8.78 Å². The van der Waals surface area contributed by atoms with Crippen molar-refractivity contribution in [3.8, 4) is 0 Å². The number of aromatic amines is 1. The Bertz CT molecular complexity index is 2250. The van der Waals surface area contributed by atoms with Crippen LogP contribution < -0.4 is 16.4 Å². The Morgan fingerprint density at radius 3 is 2.17 bits per heavy atom. The number of rotatable bonds is 14. The molecule has 4 aromatic rings. The molecule has 7 N–H and O–H groups in total. The molecule has 0 saturated carbocycles. The molecular weight excluding hydrogens is 789 g/mol. The molecule has 6 rings (SSSR count). The topological polar surface area (TPSA) is 232 Å². The number of alkyl halides is 2. The molecule has 3 heterocycles. The van der Waals surface area contributed by atoms with Crippen molar-refractivity contribution in [3.63, 3.8) is 0 Å². The Kier molecular flexibility index (Phi) is 12.8. The number of fused-ring (bicyclic) bond motifs is 2. The molecule has 18 heteroatoms. The number of carbonyl (C=O) groups excluding carboxylic acids is 6. The van der Waals surface area contributed by atoms with Gasteiger partial charge in [0.1, 0.15) is 12.1 Å². The van der Waals surface area contributed by atoms with Crippen LogP contribution in [0.15, 0.2) is 84.9 Å². The molecule has 2 aliphatic heterocycles. The first-order valence-electron chi connectivity index (χ1n) is 19.1. The number of Topliss-reactive ketones (excluding diaryl/α,β-unsaturated/α-hetero) is 1. The number of carbonyl (C=O) groups is 6. The highest BCUT2D eigenvalue weighted by molar-refractivity contribution is 7.52. The summed E-state index contributed by atoms with van der Waals surface area (Å²) in [7, 11) is -5.86. The van der Waals surface area contributed by atoms with Gasteiger partial charge in [-0.3, -0.25) is 33.3 Å². The van der Waals surface area contributed by atoms with Crippen LogP contribution in [0.1, 0.15) is 78.7 Å². The third kappa shape index (κ3) is 9.59. The van der Waals surface area contributed by atoms with Gasteiger partial charge >= 0.3 is 13.3 Å². The molecule has 0 unspecified atom stereocenters. The Balaban J connectivity index is 1.23. The molecule has 4 atom stereocenters. The van der Waals surface area contributed by atoms with Gasteiger partial charge in [0.05, 0.1) is 17.7 Å². The third-order valence-corrected chi connectivity index (χ3v) is 11.9. The Labute approximate surface area is 337 Å². The van der Waals surface area contributed by atoms with Crippen molar-refractivity contribution in [2.45, 2.75) is 75.3 Å². The number of aromatic nitrogens is 1. The highest BCUT2D eigenvalue weighted by Crippen LogP contribution is 2.59. The van der Waals surface area contributed by atoms with Gasteiger partial charge in [-0.25, -0.2) is 0 Å². The lowest BCUT2D eigenvalue weighted by Gasteiger charge is -2.38. The van der Waals surface area contributed by atoms with Crippen molar-refractivity contribution in [1.82, 2.24) is 25.4 Å². The van der Waals surface area contributed by atoms with Crippen molar-refractivity contribution in [2.24, 2.45) is 11.7 Å². The van der Waals surface area contributed by atoms with Crippen LogP contribution in [0, 0.1) is 5.92 Å². The zero-order chi connectivity index (χ0) is 42.6. The van der Waals surface area contributed by atoms with E-state index in [-0.39, 0.29) is 54.9 Å². The fraction of sp³-hybridized carbons (Fsp3) is 0.366. The number of nitrogens with one attached hydrogen (secondary N) is 3. The molecule has 2 fully saturated rings. The van der Waals surface area contributed by atoms with E-state index in [4.69, 9.17) is 5.73 Å². The van der Waals surface area contributed by atoms with E-state index in [0.717, 1.165) is 29.3 Å². The fourth-order valence-corrected chi connectivity index (χ4v) is 8.31. The molecule has 312 valence electrons. The Hall–Kier alpha value is -5.77. The second-order valence-electron chi connectivity index (χ2n) is 15.0. The first-order valence-corrected chi connectivity index (χ1v) is 20.7. The van der Waals surface area contributed by atoms with Crippen LogP contribution in [-0.2, 0) is 34.2 Å². The number of nitrogens with two attached hydrogens (primary N) is 1. The summed E-state index contributed by atoms with van der Waals surface area (Å²) in [5.74, 6) is -4.55. The minimum absolute atomic E-state index is 0.0680. The largest absolute Gasteiger partial charge is 0.399 e. The maximum absolute atomic E-state index is 14.5. The van der Waals surface area contributed by atoms with Crippen molar-refractivity contribution in [1.29, 1.82) is 0 Å². The van der Waals surface area contributed by atoms with Gasteiger partial charge in [-0.2, -0.15) is 8.78 Å². The second-order valence-corrected chi connectivity index (χ2v) is 16.6. The van der Waals surface area contributed by atoms with E-state index in [0.29, 0.717) is 12.8 Å². The molecule has 0 radical (unpaired) electrons. The highest BCUT2D eigenvalue weighted by atomic mass is 31.2. The summed E-state index contributed by atoms with van der Waals surface area (Å²) in [6, 6.07) is 19.1. The Morgan fingerprint density at radius 1 is 0.932 bits per heavy atom. The van der Waals surface area contributed by atoms with Gasteiger partial charge in [0.15, 0.2) is 5.78 Å². The standard InChI is InChI=1S/C41H45F2N6O9P/c1-24(50)48-19-18-30-13-16-34(39(54)46-32(15-17-36(44)52)38(53)47-37(25-8-4-2-5-9-25)26-10-6-3-7-11-26)49(30)40(55)28(23-48)22-35(51)33-21-27-20-29(12-14-31(27)45-33)41(42,43)59(56,57)58/h2-12,14,20-21,28,30,32,34,37,45H,13,15-19,22-23H2,1H3,(H2,44,52)(H,46,54)(H,47,53)(H2,56,57,58)/t28-,30+,32-,34-/m0/s1. The molecule has 2 aliphatic rings. The average molecular weight is 835 g/mol. The minimum atomic E-state index is -5.86. The third-order valence-electron chi connectivity index (χ3n) is 11.0. The molecule has 0 aliphatic carbocycles. The average Bonchev–Trinajstić information content (AvgIpc) is 3.83. The summed E-state index contributed by atoms with van der Waals surface area (Å²) in [6.07, 6.45) is 0.168. The zero-order valence-corrected chi connectivity index (χ0v) is 32.9. The molecule has 15 nitrogen and oxygen atoms in total. The molecule has 5 amide bonds. The molecule has 2 saturated heterocycles. The molecular formula is C41H45F2N6O9P. The van der Waals surface area contributed by atoms with E-state index < -0.39 is 84.7 Å². The minimum Gasteiger partial charge on any atom is -0.370 e. The number of ketones is 1. The quantitative estimate of drug-likeness (QED) is 0.0799. The van der Waals surface area contributed by atoms with E-state index in [2.05, 4.69) is 15.6 Å². The van der Waals surface area contributed by atoms with Gasteiger partial charge in [0.25, 0.3) is 0 Å². The first-order chi connectivity index (χ1) is 27.9. The smallest absolute Gasteiger partial charge is 0.370 e. The van der Waals surface area contributed by atoms with Gasteiger partial charge in [0, 0.05) is 55.4 Å². The number of primary amides is 1. The van der Waals surface area contributed by atoms with Crippen LogP contribution in [0.3, 0.4) is 0 Å². The van der Waals surface area contributed by atoms with Crippen LogP contribution in [0.25, 0.3) is 10.9 Å². The normalized spacial score (nSPS) is 19.2. The number of hydrogen-bond donors (Lipinski definition) is 6. The number of nitrogens with zero attached hydrogens (tertiary/aromatic N) is 2. The molecule has 59 heavy (non-hydrogen) atoms. The maximum Gasteiger partial charge on any atom is 0.399 e. The maximum atomic E-state index is 14.5. The first kappa shape index (κ1) is 42.8. The van der Waals surface area contributed by atoms with Crippen LogP contribution in [-0.4, -0.2) is 91.1 Å². The van der Waals surface area contributed by atoms with Gasteiger partial charge < -0.3 is 40.9 Å². The summed E-state index contributed by atoms with van der Waals surface area (Å²) >= 11 is 0. The predicted octanol–water partition coefficient (Wildman–Crippen LogP) is 3.85. The lowest BCUT2D eigenvalue weighted by atomic mass is 9.95. The summed E-state index contributed by atoms with van der Waals surface area (Å²) in [5.41, 5.74) is 1.73. The highest BCUT2D eigenvalue weighted by Gasteiger charge is 2.50. The summed E-state index contributed by atoms with van der Waals surface area (Å²) in [4.78, 5) is 105. The lowest BCUT2D eigenvalue weighted by Crippen LogP contribution is -2.57. The number of H-pyrrole nitrogens is 1. The summed E-state index contributed by atoms with van der Waals surface area (Å²) < 4.78 is 40.4. The van der Waals surface area contributed by atoms with Crippen LogP contribution in [0.2, 0.25) is 0 Å². The Morgan fingerprint density at radius 2 is 1.58 bits per heavy atom. The predicted molar refractivity (Wildman–Crippen MR) is 210 cm³/mol. The van der Waals surface area contributed by atoms with Gasteiger partial charge in [-0.1, -0.05) is 66.7 Å². The van der Waals surface area contributed by atoms with Crippen molar-refractivity contribution < 1.29 is 51.9 Å².